The summed E-state index contributed by atoms with van der Waals surface area (Å²) in [7, 11) is 0. The van der Waals surface area contributed by atoms with Crippen molar-refractivity contribution in [2.45, 2.75) is 6.54 Å². The molecule has 1 N–H and O–H groups in total. The van der Waals surface area contributed by atoms with Crippen LogP contribution in [0.25, 0.3) is 0 Å². The van der Waals surface area contributed by atoms with Gasteiger partial charge in [-0.3, -0.25) is 14.8 Å². The number of H-pyrrole nitrogens is 1. The lowest BCUT2D eigenvalue weighted by molar-refractivity contribution is 0.0622. The van der Waals surface area contributed by atoms with Crippen molar-refractivity contribution in [3.8, 4) is 0 Å². The summed E-state index contributed by atoms with van der Waals surface area (Å²) in [6, 6.07) is 5.54. The molecule has 0 saturated carbocycles. The number of halogens is 4. The maximum Gasteiger partial charge on any atom is 0.275 e. The van der Waals surface area contributed by atoms with E-state index < -0.39 is 0 Å². The van der Waals surface area contributed by atoms with E-state index in [1.807, 2.05) is 17.0 Å². The first-order chi connectivity index (χ1) is 11.5. The number of hydrogen-bond acceptors (Lipinski definition) is 3. The van der Waals surface area contributed by atoms with E-state index in [0.29, 0.717) is 37.9 Å². The molecule has 0 bridgehead atoms. The molecule has 0 radical (unpaired) electrons. The maximum atomic E-state index is 12.5. The summed E-state index contributed by atoms with van der Waals surface area (Å²) in [6.45, 7) is 3.62. The monoisotopic (exact) mass is 494 g/mol. The summed E-state index contributed by atoms with van der Waals surface area (Å²) in [5.41, 5.74) is 1.44. The van der Waals surface area contributed by atoms with Crippen molar-refractivity contribution in [1.29, 1.82) is 0 Å². The third-order valence-electron chi connectivity index (χ3n) is 3.94. The Labute approximate surface area is 166 Å². The Bertz CT molecular complexity index is 760. The van der Waals surface area contributed by atoms with Crippen molar-refractivity contribution >= 4 is 61.0 Å². The molecule has 5 nitrogen and oxygen atoms in total. The van der Waals surface area contributed by atoms with Crippen molar-refractivity contribution in [3.05, 3.63) is 48.6 Å². The highest BCUT2D eigenvalue weighted by Crippen LogP contribution is 2.26. The zero-order chi connectivity index (χ0) is 17.3. The second-order valence-corrected chi connectivity index (χ2v) is 7.93. The lowest BCUT2D eigenvalue weighted by Crippen LogP contribution is -2.48. The van der Waals surface area contributed by atoms with Gasteiger partial charge >= 0.3 is 0 Å². The Morgan fingerprint density at radius 2 is 1.92 bits per heavy atom. The summed E-state index contributed by atoms with van der Waals surface area (Å²) in [5.74, 6) is -0.0759. The van der Waals surface area contributed by atoms with Gasteiger partial charge in [-0.2, -0.15) is 5.10 Å². The largest absolute Gasteiger partial charge is 0.335 e. The van der Waals surface area contributed by atoms with Crippen LogP contribution < -0.4 is 0 Å². The number of amides is 1. The normalized spacial score (nSPS) is 15.8. The predicted octanol–water partition coefficient (Wildman–Crippen LogP) is 4.20. The zero-order valence-corrected chi connectivity index (χ0v) is 17.2. The average Bonchev–Trinajstić information content (AvgIpc) is 2.90. The molecule has 1 amide bonds. The quantitative estimate of drug-likeness (QED) is 0.693. The number of aromatic nitrogens is 2. The lowest BCUT2D eigenvalue weighted by atomic mass is 10.2. The molecule has 0 spiro atoms. The fourth-order valence-electron chi connectivity index (χ4n) is 2.60. The van der Waals surface area contributed by atoms with Crippen LogP contribution >= 0.6 is 55.1 Å². The van der Waals surface area contributed by atoms with Crippen LogP contribution in [-0.2, 0) is 6.54 Å². The lowest BCUT2D eigenvalue weighted by Gasteiger charge is -2.34. The number of nitrogens with zero attached hydrogens (tertiary/aromatic N) is 3. The number of hydrogen-bond donors (Lipinski definition) is 1. The van der Waals surface area contributed by atoms with Crippen molar-refractivity contribution in [1.82, 2.24) is 20.0 Å². The number of aromatic amines is 1. The van der Waals surface area contributed by atoms with Crippen molar-refractivity contribution in [2.24, 2.45) is 0 Å². The van der Waals surface area contributed by atoms with Gasteiger partial charge in [-0.1, -0.05) is 29.3 Å². The summed E-state index contributed by atoms with van der Waals surface area (Å²) < 4.78 is 1.32. The van der Waals surface area contributed by atoms with Gasteiger partial charge in [0.25, 0.3) is 5.91 Å². The first-order valence-electron chi connectivity index (χ1n) is 7.30. The van der Waals surface area contributed by atoms with E-state index in [1.165, 1.54) is 0 Å². The standard InChI is InChI=1S/C15H14Br2Cl2N4O/c16-12-13(20-21-14(12)17)15(24)23-5-3-22(4-6-23)8-9-1-2-10(18)7-11(9)19/h1-2,7H,3-6,8H2,(H,20,21). The molecule has 1 aromatic carbocycles. The van der Waals surface area contributed by atoms with Crippen LogP contribution in [0.1, 0.15) is 16.1 Å². The van der Waals surface area contributed by atoms with Gasteiger partial charge < -0.3 is 4.90 Å². The minimum Gasteiger partial charge on any atom is -0.335 e. The number of rotatable bonds is 3. The second-order valence-electron chi connectivity index (χ2n) is 5.50. The van der Waals surface area contributed by atoms with Gasteiger partial charge in [0, 0.05) is 42.8 Å². The molecule has 1 aliphatic rings. The highest BCUT2D eigenvalue weighted by molar-refractivity contribution is 9.13. The Balaban J connectivity index is 1.59. The fourth-order valence-corrected chi connectivity index (χ4v) is 3.69. The molecule has 0 aliphatic carbocycles. The number of piperazine rings is 1. The van der Waals surface area contributed by atoms with E-state index in [9.17, 15) is 4.79 Å². The Kier molecular flexibility index (Phi) is 5.87. The van der Waals surface area contributed by atoms with Gasteiger partial charge in [0.1, 0.15) is 4.60 Å². The maximum absolute atomic E-state index is 12.5. The average molecular weight is 497 g/mol. The van der Waals surface area contributed by atoms with Crippen LogP contribution in [0.2, 0.25) is 10.0 Å². The summed E-state index contributed by atoms with van der Waals surface area (Å²) in [6.07, 6.45) is 0. The molecular formula is C15H14Br2Cl2N4O. The van der Waals surface area contributed by atoms with Crippen molar-refractivity contribution in [3.63, 3.8) is 0 Å². The third kappa shape index (κ3) is 3.96. The Morgan fingerprint density at radius 1 is 1.21 bits per heavy atom. The van der Waals surface area contributed by atoms with Gasteiger partial charge in [-0.05, 0) is 49.6 Å². The highest BCUT2D eigenvalue weighted by Gasteiger charge is 2.26. The first kappa shape index (κ1) is 18.2. The Hall–Kier alpha value is -0.600. The molecule has 2 heterocycles. The van der Waals surface area contributed by atoms with Crippen LogP contribution in [0, 0.1) is 0 Å². The first-order valence-corrected chi connectivity index (χ1v) is 9.65. The van der Waals surface area contributed by atoms with E-state index >= 15 is 0 Å². The number of carbonyl (C=O) groups excluding carboxylic acids is 1. The molecule has 9 heteroatoms. The van der Waals surface area contributed by atoms with Crippen LogP contribution in [0.15, 0.2) is 27.3 Å². The van der Waals surface area contributed by atoms with Gasteiger partial charge in [0.2, 0.25) is 0 Å². The minimum atomic E-state index is -0.0759. The van der Waals surface area contributed by atoms with E-state index in [4.69, 9.17) is 23.2 Å². The topological polar surface area (TPSA) is 52.2 Å². The van der Waals surface area contributed by atoms with Crippen LogP contribution in [-0.4, -0.2) is 52.1 Å². The molecule has 128 valence electrons. The molecule has 1 aromatic heterocycles. The summed E-state index contributed by atoms with van der Waals surface area (Å²) in [5, 5.41) is 8.10. The minimum absolute atomic E-state index is 0.0759. The summed E-state index contributed by atoms with van der Waals surface area (Å²) >= 11 is 18.8. The van der Waals surface area contributed by atoms with Crippen LogP contribution in [0.5, 0.6) is 0 Å². The predicted molar refractivity (Wildman–Crippen MR) is 102 cm³/mol. The molecule has 24 heavy (non-hydrogen) atoms. The molecule has 0 unspecified atom stereocenters. The molecular weight excluding hydrogens is 483 g/mol. The molecule has 2 aromatic rings. The van der Waals surface area contributed by atoms with Gasteiger partial charge in [0.05, 0.1) is 4.47 Å². The summed E-state index contributed by atoms with van der Waals surface area (Å²) in [4.78, 5) is 16.6. The van der Waals surface area contributed by atoms with E-state index in [1.54, 1.807) is 6.07 Å². The molecule has 1 aliphatic heterocycles. The number of nitrogens with one attached hydrogen (secondary N) is 1. The van der Waals surface area contributed by atoms with Crippen LogP contribution in [0.3, 0.4) is 0 Å². The highest BCUT2D eigenvalue weighted by atomic mass is 79.9. The number of benzene rings is 1. The SMILES string of the molecule is O=C(c1n[nH]c(Br)c1Br)N1CCN(Cc2ccc(Cl)cc2Cl)CC1. The van der Waals surface area contributed by atoms with E-state index in [0.717, 1.165) is 25.2 Å². The van der Waals surface area contributed by atoms with E-state index in [-0.39, 0.29) is 5.91 Å². The molecule has 1 saturated heterocycles. The van der Waals surface area contributed by atoms with Crippen molar-refractivity contribution < 1.29 is 4.79 Å². The number of carbonyl (C=O) groups is 1. The zero-order valence-electron chi connectivity index (χ0n) is 12.5. The Morgan fingerprint density at radius 3 is 2.50 bits per heavy atom. The van der Waals surface area contributed by atoms with Gasteiger partial charge in [-0.15, -0.1) is 0 Å². The third-order valence-corrected chi connectivity index (χ3v) is 6.40. The van der Waals surface area contributed by atoms with Crippen LogP contribution in [0.4, 0.5) is 0 Å². The molecule has 1 fully saturated rings. The molecule has 3 rings (SSSR count). The van der Waals surface area contributed by atoms with Gasteiger partial charge in [0.15, 0.2) is 5.69 Å². The van der Waals surface area contributed by atoms with Crippen molar-refractivity contribution in [2.75, 3.05) is 26.2 Å². The fraction of sp³-hybridized carbons (Fsp3) is 0.333. The molecule has 0 atom stereocenters. The van der Waals surface area contributed by atoms with E-state index in [2.05, 4.69) is 47.0 Å². The second kappa shape index (κ2) is 7.74. The smallest absolute Gasteiger partial charge is 0.275 e. The van der Waals surface area contributed by atoms with Gasteiger partial charge in [-0.25, -0.2) is 0 Å².